The number of hydrogen-bond acceptors (Lipinski definition) is 3. The van der Waals surface area contributed by atoms with Gasteiger partial charge in [-0.2, -0.15) is 5.10 Å². The van der Waals surface area contributed by atoms with Crippen molar-refractivity contribution in [1.82, 2.24) is 14.2 Å². The zero-order valence-corrected chi connectivity index (χ0v) is 20.3. The summed E-state index contributed by atoms with van der Waals surface area (Å²) < 4.78 is 4.98. The SMILES string of the molecule is CC(=O)c1c(-c2ccccc2)c2c3n(c(CN(C(C)=O)c4ccc(Br)cc4)nn13)CCCC2. The van der Waals surface area contributed by atoms with E-state index in [1.54, 1.807) is 18.7 Å². The third-order valence-electron chi connectivity index (χ3n) is 6.28. The Labute approximate surface area is 201 Å². The molecule has 0 radical (unpaired) electrons. The number of aryl methyl sites for hydroxylation is 2. The average molecular weight is 505 g/mol. The fourth-order valence-corrected chi connectivity index (χ4v) is 5.07. The zero-order chi connectivity index (χ0) is 23.1. The van der Waals surface area contributed by atoms with Crippen molar-refractivity contribution in [2.24, 2.45) is 0 Å². The summed E-state index contributed by atoms with van der Waals surface area (Å²) in [4.78, 5) is 27.2. The summed E-state index contributed by atoms with van der Waals surface area (Å²) in [6.07, 6.45) is 2.96. The molecule has 0 unspecified atom stereocenters. The van der Waals surface area contributed by atoms with E-state index in [4.69, 9.17) is 5.10 Å². The van der Waals surface area contributed by atoms with Crippen molar-refractivity contribution in [3.8, 4) is 11.1 Å². The molecule has 5 rings (SSSR count). The lowest BCUT2D eigenvalue weighted by molar-refractivity contribution is -0.116. The van der Waals surface area contributed by atoms with Crippen LogP contribution < -0.4 is 4.90 Å². The number of halogens is 1. The van der Waals surface area contributed by atoms with Crippen LogP contribution in [0.2, 0.25) is 0 Å². The summed E-state index contributed by atoms with van der Waals surface area (Å²) in [7, 11) is 0. The minimum absolute atomic E-state index is 0.0109. The van der Waals surface area contributed by atoms with Crippen LogP contribution in [0.1, 0.15) is 48.6 Å². The largest absolute Gasteiger partial charge is 0.311 e. The molecule has 0 saturated heterocycles. The van der Waals surface area contributed by atoms with Gasteiger partial charge in [-0.15, -0.1) is 0 Å². The number of carbonyl (C=O) groups excluding carboxylic acids is 2. The van der Waals surface area contributed by atoms with Crippen LogP contribution in [0.5, 0.6) is 0 Å². The van der Waals surface area contributed by atoms with Gasteiger partial charge in [-0.05, 0) is 49.1 Å². The van der Waals surface area contributed by atoms with Crippen molar-refractivity contribution < 1.29 is 9.59 Å². The number of aromatic nitrogens is 3. The fourth-order valence-electron chi connectivity index (χ4n) is 4.81. The van der Waals surface area contributed by atoms with Gasteiger partial charge in [-0.3, -0.25) is 9.59 Å². The smallest absolute Gasteiger partial charge is 0.224 e. The van der Waals surface area contributed by atoms with E-state index in [-0.39, 0.29) is 11.7 Å². The molecule has 4 aromatic rings. The quantitative estimate of drug-likeness (QED) is 0.329. The number of rotatable bonds is 5. The average Bonchev–Trinajstić information content (AvgIpc) is 3.20. The number of carbonyl (C=O) groups is 2. The fraction of sp³-hybridized carbons (Fsp3) is 0.269. The highest BCUT2D eigenvalue weighted by Gasteiger charge is 2.29. The maximum Gasteiger partial charge on any atom is 0.224 e. The van der Waals surface area contributed by atoms with Crippen LogP contribution in [0.4, 0.5) is 5.69 Å². The van der Waals surface area contributed by atoms with Crippen LogP contribution in [-0.4, -0.2) is 25.9 Å². The Morgan fingerprint density at radius 1 is 1.03 bits per heavy atom. The number of amides is 1. The first-order valence-corrected chi connectivity index (χ1v) is 12.0. The molecule has 0 N–H and O–H groups in total. The normalized spacial score (nSPS) is 13.2. The first-order valence-electron chi connectivity index (χ1n) is 11.2. The molecule has 1 aliphatic rings. The molecule has 1 amide bonds. The van der Waals surface area contributed by atoms with Crippen molar-refractivity contribution >= 4 is 39.0 Å². The summed E-state index contributed by atoms with van der Waals surface area (Å²) in [6, 6.07) is 17.8. The molecule has 3 heterocycles. The second-order valence-electron chi connectivity index (χ2n) is 8.47. The van der Waals surface area contributed by atoms with Crippen LogP contribution in [-0.2, 0) is 24.3 Å². The topological polar surface area (TPSA) is 59.6 Å². The highest BCUT2D eigenvalue weighted by molar-refractivity contribution is 9.10. The van der Waals surface area contributed by atoms with E-state index >= 15 is 0 Å². The number of benzene rings is 2. The van der Waals surface area contributed by atoms with Crippen LogP contribution in [0, 0.1) is 0 Å². The Bertz CT molecular complexity index is 1350. The molecule has 7 heteroatoms. The number of hydrogen-bond donors (Lipinski definition) is 0. The zero-order valence-electron chi connectivity index (χ0n) is 18.7. The lowest BCUT2D eigenvalue weighted by atomic mass is 9.97. The number of Topliss-reactive ketones (excluding diaryl/α,β-unsaturated/α-hetero) is 1. The Morgan fingerprint density at radius 3 is 2.42 bits per heavy atom. The van der Waals surface area contributed by atoms with Crippen molar-refractivity contribution in [1.29, 1.82) is 0 Å². The molecule has 0 bridgehead atoms. The highest BCUT2D eigenvalue weighted by Crippen LogP contribution is 2.37. The molecule has 0 aliphatic carbocycles. The van der Waals surface area contributed by atoms with Crippen molar-refractivity contribution in [3.05, 3.63) is 76.2 Å². The Morgan fingerprint density at radius 2 is 1.76 bits per heavy atom. The van der Waals surface area contributed by atoms with Crippen LogP contribution in [0.3, 0.4) is 0 Å². The molecule has 0 saturated carbocycles. The van der Waals surface area contributed by atoms with Gasteiger partial charge in [0, 0.05) is 41.7 Å². The first kappa shape index (κ1) is 21.6. The molecule has 33 heavy (non-hydrogen) atoms. The summed E-state index contributed by atoms with van der Waals surface area (Å²) >= 11 is 3.46. The minimum atomic E-state index is -0.0524. The van der Waals surface area contributed by atoms with Crippen LogP contribution in [0.25, 0.3) is 16.8 Å². The summed E-state index contributed by atoms with van der Waals surface area (Å²) in [5.74, 6) is 0.722. The van der Waals surface area contributed by atoms with Gasteiger partial charge in [0.15, 0.2) is 11.6 Å². The second-order valence-corrected chi connectivity index (χ2v) is 9.38. The molecule has 0 atom stereocenters. The second kappa shape index (κ2) is 8.63. The Hall–Kier alpha value is -3.19. The Kier molecular flexibility index (Phi) is 5.66. The van der Waals surface area contributed by atoms with E-state index in [1.807, 2.05) is 47.0 Å². The summed E-state index contributed by atoms with van der Waals surface area (Å²) in [5, 5.41) is 4.91. The maximum atomic E-state index is 12.9. The summed E-state index contributed by atoms with van der Waals surface area (Å²) in [6.45, 7) is 4.33. The molecular formula is C26H25BrN4O2. The Balaban J connectivity index is 1.69. The van der Waals surface area contributed by atoms with Gasteiger partial charge in [0.1, 0.15) is 11.3 Å². The standard InChI is InChI=1S/C26H25BrN4O2/c1-17(32)25-24(19-8-4-3-5-9-19)22-10-6-7-15-29-23(28-31(25)26(22)29)16-30(18(2)33)21-13-11-20(27)12-14-21/h3-5,8-9,11-14H,6-7,10,15-16H2,1-2H3. The number of nitrogens with zero attached hydrogens (tertiary/aromatic N) is 4. The van der Waals surface area contributed by atoms with E-state index in [1.165, 1.54) is 5.56 Å². The molecular weight excluding hydrogens is 480 g/mol. The van der Waals surface area contributed by atoms with Gasteiger partial charge >= 0.3 is 0 Å². The van der Waals surface area contributed by atoms with Gasteiger partial charge in [-0.25, -0.2) is 4.52 Å². The van der Waals surface area contributed by atoms with E-state index in [2.05, 4.69) is 32.6 Å². The van der Waals surface area contributed by atoms with Gasteiger partial charge in [-0.1, -0.05) is 46.3 Å². The lowest BCUT2D eigenvalue weighted by Gasteiger charge is -2.21. The van der Waals surface area contributed by atoms with Gasteiger partial charge in [0.05, 0.1) is 6.54 Å². The predicted molar refractivity (Wildman–Crippen MR) is 133 cm³/mol. The predicted octanol–water partition coefficient (Wildman–Crippen LogP) is 5.66. The molecule has 1 aliphatic heterocycles. The van der Waals surface area contributed by atoms with E-state index in [9.17, 15) is 9.59 Å². The number of ketones is 1. The molecule has 6 nitrogen and oxygen atoms in total. The third kappa shape index (κ3) is 3.80. The van der Waals surface area contributed by atoms with Gasteiger partial charge < -0.3 is 9.47 Å². The molecule has 168 valence electrons. The number of anilines is 1. The van der Waals surface area contributed by atoms with Gasteiger partial charge in [0.2, 0.25) is 5.91 Å². The minimum Gasteiger partial charge on any atom is -0.311 e. The lowest BCUT2D eigenvalue weighted by Crippen LogP contribution is -2.29. The summed E-state index contributed by atoms with van der Waals surface area (Å²) in [5.41, 5.74) is 5.61. The molecule has 2 aromatic carbocycles. The van der Waals surface area contributed by atoms with E-state index in [0.29, 0.717) is 12.2 Å². The first-order chi connectivity index (χ1) is 16.0. The van der Waals surface area contributed by atoms with Crippen molar-refractivity contribution in [2.75, 3.05) is 4.90 Å². The van der Waals surface area contributed by atoms with Crippen LogP contribution >= 0.6 is 15.9 Å². The van der Waals surface area contributed by atoms with Crippen LogP contribution in [0.15, 0.2) is 59.1 Å². The van der Waals surface area contributed by atoms with Gasteiger partial charge in [0.25, 0.3) is 0 Å². The maximum absolute atomic E-state index is 12.9. The third-order valence-corrected chi connectivity index (χ3v) is 6.80. The van der Waals surface area contributed by atoms with Crippen molar-refractivity contribution in [2.45, 2.75) is 46.2 Å². The van der Waals surface area contributed by atoms with E-state index < -0.39 is 0 Å². The highest BCUT2D eigenvalue weighted by atomic mass is 79.9. The van der Waals surface area contributed by atoms with E-state index in [0.717, 1.165) is 58.6 Å². The monoisotopic (exact) mass is 504 g/mol. The molecule has 0 fully saturated rings. The molecule has 2 aromatic heterocycles. The molecule has 0 spiro atoms. The van der Waals surface area contributed by atoms with Crippen molar-refractivity contribution in [3.63, 3.8) is 0 Å².